The van der Waals surface area contributed by atoms with E-state index in [4.69, 9.17) is 16.3 Å². The molecule has 0 amide bonds. The van der Waals surface area contributed by atoms with Gasteiger partial charge in [-0.05, 0) is 24.3 Å². The molecule has 0 aliphatic heterocycles. The maximum absolute atomic E-state index is 9.83. The Hall–Kier alpha value is -1.53. The summed E-state index contributed by atoms with van der Waals surface area (Å²) in [5.74, 6) is 0.518. The molecule has 0 aliphatic carbocycles. The second-order valence-corrected chi connectivity index (χ2v) is 3.37. The minimum Gasteiger partial charge on any atom is -0.491 e. The van der Waals surface area contributed by atoms with Gasteiger partial charge in [0.15, 0.2) is 0 Å². The fraction of sp³-hybridized carbons (Fsp3) is 0.333. The summed E-state index contributed by atoms with van der Waals surface area (Å²) in [6.07, 6.45) is -1.05. The van der Waals surface area contributed by atoms with Crippen LogP contribution in [0.15, 0.2) is 24.3 Å². The molecule has 0 bridgehead atoms. The van der Waals surface area contributed by atoms with E-state index in [0.717, 1.165) is 0 Å². The van der Waals surface area contributed by atoms with Crippen LogP contribution in [0, 0.1) is 10.1 Å². The number of nitrogens with zero attached hydrogens (tertiary/aromatic N) is 1. The maximum Gasteiger partial charge on any atom is 0.294 e. The van der Waals surface area contributed by atoms with Crippen LogP contribution < -0.4 is 4.74 Å². The van der Waals surface area contributed by atoms with Gasteiger partial charge in [0.1, 0.15) is 25.1 Å². The molecule has 1 aromatic rings. The van der Waals surface area contributed by atoms with Gasteiger partial charge in [0.05, 0.1) is 0 Å². The van der Waals surface area contributed by atoms with Gasteiger partial charge in [0.2, 0.25) is 0 Å². The lowest BCUT2D eigenvalue weighted by atomic mass is 10.3. The summed E-state index contributed by atoms with van der Waals surface area (Å²) in [6.45, 7) is -0.504. The third-order valence-corrected chi connectivity index (χ3v) is 1.88. The molecular formula is C9H10ClNO5. The van der Waals surface area contributed by atoms with Crippen LogP contribution in [0.5, 0.6) is 5.75 Å². The summed E-state index contributed by atoms with van der Waals surface area (Å²) in [7, 11) is 0. The molecule has 88 valence electrons. The number of aliphatic hydroxyl groups excluding tert-OH is 1. The van der Waals surface area contributed by atoms with Crippen molar-refractivity contribution in [2.24, 2.45) is 0 Å². The molecule has 1 rings (SSSR count). The number of halogens is 1. The average molecular weight is 248 g/mol. The Balaban J connectivity index is 2.28. The molecule has 1 N–H and O–H groups in total. The van der Waals surface area contributed by atoms with Crippen molar-refractivity contribution in [2.75, 3.05) is 13.2 Å². The minimum atomic E-state index is -1.05. The number of benzene rings is 1. The Morgan fingerprint density at radius 3 is 2.56 bits per heavy atom. The molecule has 1 aromatic carbocycles. The summed E-state index contributed by atoms with van der Waals surface area (Å²) in [6, 6.07) is 6.53. The molecule has 0 aliphatic rings. The lowest BCUT2D eigenvalue weighted by Crippen LogP contribution is -2.24. The topological polar surface area (TPSA) is 81.8 Å². The molecule has 0 spiro atoms. The standard InChI is InChI=1S/C9H10ClNO5/c10-7-1-3-9(4-2-7)15-5-8(12)6-16-11(13)14/h1-4,8,12H,5-6H2/t8-/m1/s1. The maximum atomic E-state index is 9.83. The molecule has 0 unspecified atom stereocenters. The molecule has 16 heavy (non-hydrogen) atoms. The lowest BCUT2D eigenvalue weighted by molar-refractivity contribution is -0.759. The Bertz CT molecular complexity index is 342. The molecule has 0 fully saturated rings. The van der Waals surface area contributed by atoms with Crippen molar-refractivity contribution in [3.63, 3.8) is 0 Å². The Morgan fingerprint density at radius 2 is 2.00 bits per heavy atom. The number of hydrogen-bond acceptors (Lipinski definition) is 5. The molecule has 1 atom stereocenters. The summed E-state index contributed by atoms with van der Waals surface area (Å²) in [5, 5.41) is 18.7. The number of hydrogen-bond donors (Lipinski definition) is 1. The molecule has 0 saturated carbocycles. The van der Waals surface area contributed by atoms with Gasteiger partial charge in [0.25, 0.3) is 5.09 Å². The predicted octanol–water partition coefficient (Wildman–Crippen LogP) is 1.29. The third kappa shape index (κ3) is 4.81. The number of ether oxygens (including phenoxy) is 1. The number of aliphatic hydroxyl groups is 1. The highest BCUT2D eigenvalue weighted by atomic mass is 35.5. The van der Waals surface area contributed by atoms with E-state index in [-0.39, 0.29) is 6.61 Å². The quantitative estimate of drug-likeness (QED) is 0.605. The Morgan fingerprint density at radius 1 is 1.38 bits per heavy atom. The molecule has 7 heteroatoms. The zero-order valence-electron chi connectivity index (χ0n) is 8.21. The molecule has 6 nitrogen and oxygen atoms in total. The van der Waals surface area contributed by atoms with Crippen molar-refractivity contribution in [3.8, 4) is 5.75 Å². The largest absolute Gasteiger partial charge is 0.491 e. The van der Waals surface area contributed by atoms with Crippen LogP contribution in [0.4, 0.5) is 0 Å². The average Bonchev–Trinajstić information content (AvgIpc) is 2.25. The van der Waals surface area contributed by atoms with Crippen LogP contribution in [-0.4, -0.2) is 29.5 Å². The van der Waals surface area contributed by atoms with Crippen LogP contribution in [0.3, 0.4) is 0 Å². The molecular weight excluding hydrogens is 238 g/mol. The van der Waals surface area contributed by atoms with Gasteiger partial charge in [-0.25, -0.2) is 0 Å². The van der Waals surface area contributed by atoms with E-state index in [1.807, 2.05) is 0 Å². The normalized spacial score (nSPS) is 11.9. The lowest BCUT2D eigenvalue weighted by Gasteiger charge is -2.10. The van der Waals surface area contributed by atoms with Gasteiger partial charge in [-0.15, -0.1) is 10.1 Å². The monoisotopic (exact) mass is 247 g/mol. The highest BCUT2D eigenvalue weighted by molar-refractivity contribution is 6.30. The van der Waals surface area contributed by atoms with E-state index in [1.54, 1.807) is 24.3 Å². The van der Waals surface area contributed by atoms with Crippen LogP contribution in [0.1, 0.15) is 0 Å². The summed E-state index contributed by atoms with van der Waals surface area (Å²) < 4.78 is 5.14. The van der Waals surface area contributed by atoms with E-state index >= 15 is 0 Å². The first kappa shape index (κ1) is 12.5. The van der Waals surface area contributed by atoms with Crippen molar-refractivity contribution in [1.82, 2.24) is 0 Å². The van der Waals surface area contributed by atoms with Gasteiger partial charge >= 0.3 is 0 Å². The van der Waals surface area contributed by atoms with Gasteiger partial charge < -0.3 is 14.7 Å². The van der Waals surface area contributed by atoms with Crippen LogP contribution in [0.2, 0.25) is 5.02 Å². The zero-order valence-corrected chi connectivity index (χ0v) is 8.96. The van der Waals surface area contributed by atoms with E-state index in [9.17, 15) is 15.2 Å². The summed E-state index contributed by atoms with van der Waals surface area (Å²) >= 11 is 5.66. The van der Waals surface area contributed by atoms with Crippen molar-refractivity contribution in [2.45, 2.75) is 6.10 Å². The van der Waals surface area contributed by atoms with Crippen molar-refractivity contribution < 1.29 is 19.8 Å². The first-order valence-electron chi connectivity index (χ1n) is 4.41. The SMILES string of the molecule is O=[N+]([O-])OC[C@H](O)COc1ccc(Cl)cc1. The highest BCUT2D eigenvalue weighted by Gasteiger charge is 2.07. The first-order valence-corrected chi connectivity index (χ1v) is 4.79. The second-order valence-electron chi connectivity index (χ2n) is 2.94. The smallest absolute Gasteiger partial charge is 0.294 e. The zero-order chi connectivity index (χ0) is 12.0. The van der Waals surface area contributed by atoms with Crippen LogP contribution >= 0.6 is 11.6 Å². The Kier molecular flexibility index (Phi) is 4.81. The van der Waals surface area contributed by atoms with Crippen LogP contribution in [-0.2, 0) is 4.84 Å². The molecule has 0 aromatic heterocycles. The molecule has 0 heterocycles. The van der Waals surface area contributed by atoms with Gasteiger partial charge in [-0.3, -0.25) is 0 Å². The van der Waals surface area contributed by atoms with Gasteiger partial charge in [-0.2, -0.15) is 0 Å². The minimum absolute atomic E-state index is 0.0878. The van der Waals surface area contributed by atoms with E-state index in [1.165, 1.54) is 0 Å². The first-order chi connectivity index (χ1) is 7.58. The predicted molar refractivity (Wildman–Crippen MR) is 55.9 cm³/mol. The molecule has 0 saturated heterocycles. The van der Waals surface area contributed by atoms with Crippen molar-refractivity contribution in [3.05, 3.63) is 39.4 Å². The second kappa shape index (κ2) is 6.14. The van der Waals surface area contributed by atoms with Crippen LogP contribution in [0.25, 0.3) is 0 Å². The summed E-state index contributed by atoms with van der Waals surface area (Å²) in [4.78, 5) is 13.8. The Labute approximate surface area is 96.5 Å². The number of rotatable bonds is 6. The fourth-order valence-corrected chi connectivity index (χ4v) is 1.04. The van der Waals surface area contributed by atoms with Crippen molar-refractivity contribution in [1.29, 1.82) is 0 Å². The summed E-state index contributed by atoms with van der Waals surface area (Å²) in [5.41, 5.74) is 0. The van der Waals surface area contributed by atoms with E-state index in [2.05, 4.69) is 4.84 Å². The van der Waals surface area contributed by atoms with Gasteiger partial charge in [0, 0.05) is 5.02 Å². The highest BCUT2D eigenvalue weighted by Crippen LogP contribution is 2.15. The van der Waals surface area contributed by atoms with Gasteiger partial charge in [-0.1, -0.05) is 11.6 Å². The molecule has 0 radical (unpaired) electrons. The third-order valence-electron chi connectivity index (χ3n) is 1.63. The van der Waals surface area contributed by atoms with Crippen molar-refractivity contribution >= 4 is 11.6 Å². The fourth-order valence-electron chi connectivity index (χ4n) is 0.918. The van der Waals surface area contributed by atoms with E-state index in [0.29, 0.717) is 10.8 Å². The van der Waals surface area contributed by atoms with E-state index < -0.39 is 17.8 Å².